The molecule has 0 aromatic heterocycles. The van der Waals surface area contributed by atoms with E-state index < -0.39 is 28.6 Å². The van der Waals surface area contributed by atoms with Gasteiger partial charge in [-0.2, -0.15) is 0 Å². The van der Waals surface area contributed by atoms with E-state index in [0.717, 1.165) is 11.3 Å². The van der Waals surface area contributed by atoms with Crippen molar-refractivity contribution in [2.24, 2.45) is 4.99 Å². The van der Waals surface area contributed by atoms with Crippen LogP contribution >= 0.6 is 0 Å². The lowest BCUT2D eigenvalue weighted by molar-refractivity contribution is -0.144. The number of nitrogens with one attached hydrogen (secondary N) is 1. The van der Waals surface area contributed by atoms with Crippen molar-refractivity contribution < 1.29 is 27.5 Å². The van der Waals surface area contributed by atoms with Crippen LogP contribution in [0.25, 0.3) is 0 Å². The summed E-state index contributed by atoms with van der Waals surface area (Å²) in [5, 5.41) is 0. The Balaban J connectivity index is 1.41. The van der Waals surface area contributed by atoms with Gasteiger partial charge in [0.15, 0.2) is 6.10 Å². The standard InChI is InChI=1S/C22H21N3O6S/c1-13(21(28)16-7-8-18-15(11-16)9-10-25(18)14(2)26)31-20(27)12-23-22-17-5-3-4-6-19(17)32(29,30)24-22/h3-8,11,13H,9-10,12H2,1-2H3,(H,23,24). The molecule has 2 aromatic carbocycles. The summed E-state index contributed by atoms with van der Waals surface area (Å²) in [5.74, 6) is -1.13. The normalized spacial score (nSPS) is 17.9. The second-order valence-electron chi connectivity index (χ2n) is 7.53. The molecule has 1 N–H and O–H groups in total. The zero-order chi connectivity index (χ0) is 23.0. The summed E-state index contributed by atoms with van der Waals surface area (Å²) < 4.78 is 31.7. The minimum Gasteiger partial charge on any atom is -0.453 e. The monoisotopic (exact) mass is 455 g/mol. The van der Waals surface area contributed by atoms with E-state index in [9.17, 15) is 22.8 Å². The van der Waals surface area contributed by atoms with Crippen molar-refractivity contribution in [3.63, 3.8) is 0 Å². The molecule has 4 rings (SSSR count). The minimum atomic E-state index is -3.70. The number of carbonyl (C=O) groups is 3. The van der Waals surface area contributed by atoms with Gasteiger partial charge >= 0.3 is 5.97 Å². The van der Waals surface area contributed by atoms with Crippen LogP contribution in [0, 0.1) is 0 Å². The Morgan fingerprint density at radius 3 is 2.69 bits per heavy atom. The number of amidine groups is 1. The highest BCUT2D eigenvalue weighted by atomic mass is 32.2. The van der Waals surface area contributed by atoms with Gasteiger partial charge in [0.2, 0.25) is 11.7 Å². The number of benzene rings is 2. The highest BCUT2D eigenvalue weighted by Crippen LogP contribution is 2.29. The Kier molecular flexibility index (Phi) is 5.55. The van der Waals surface area contributed by atoms with Gasteiger partial charge in [0.25, 0.3) is 10.0 Å². The largest absolute Gasteiger partial charge is 0.453 e. The summed E-state index contributed by atoms with van der Waals surface area (Å²) in [4.78, 5) is 42.4. The highest BCUT2D eigenvalue weighted by molar-refractivity contribution is 7.90. The third kappa shape index (κ3) is 4.01. The fourth-order valence-electron chi connectivity index (χ4n) is 3.80. The lowest BCUT2D eigenvalue weighted by Gasteiger charge is -2.15. The van der Waals surface area contributed by atoms with E-state index >= 15 is 0 Å². The van der Waals surface area contributed by atoms with Crippen molar-refractivity contribution in [1.29, 1.82) is 0 Å². The number of hydrogen-bond donors (Lipinski definition) is 1. The van der Waals surface area contributed by atoms with Gasteiger partial charge in [0.05, 0.1) is 4.90 Å². The van der Waals surface area contributed by atoms with Gasteiger partial charge in [-0.1, -0.05) is 12.1 Å². The fraction of sp³-hybridized carbons (Fsp3) is 0.273. The summed E-state index contributed by atoms with van der Waals surface area (Å²) in [6, 6.07) is 11.4. The average molecular weight is 455 g/mol. The first-order valence-corrected chi connectivity index (χ1v) is 11.5. The number of anilines is 1. The van der Waals surface area contributed by atoms with Crippen LogP contribution in [0.3, 0.4) is 0 Å². The molecule has 32 heavy (non-hydrogen) atoms. The van der Waals surface area contributed by atoms with Crippen LogP contribution in [0.2, 0.25) is 0 Å². The Morgan fingerprint density at radius 1 is 1.19 bits per heavy atom. The van der Waals surface area contributed by atoms with E-state index in [2.05, 4.69) is 9.71 Å². The summed E-state index contributed by atoms with van der Waals surface area (Å²) >= 11 is 0. The molecule has 2 heterocycles. The van der Waals surface area contributed by atoms with E-state index in [1.807, 2.05) is 0 Å². The van der Waals surface area contributed by atoms with Crippen molar-refractivity contribution >= 4 is 39.2 Å². The number of fused-ring (bicyclic) bond motifs is 2. The molecule has 0 spiro atoms. The number of amides is 1. The Labute approximate surface area is 185 Å². The quantitative estimate of drug-likeness (QED) is 0.538. The fourth-order valence-corrected chi connectivity index (χ4v) is 5.05. The first-order valence-electron chi connectivity index (χ1n) is 9.99. The summed E-state index contributed by atoms with van der Waals surface area (Å²) in [7, 11) is -3.70. The molecule has 0 aliphatic carbocycles. The van der Waals surface area contributed by atoms with E-state index in [-0.39, 0.29) is 22.4 Å². The minimum absolute atomic E-state index is 0.0566. The average Bonchev–Trinajstić information content (AvgIpc) is 3.30. The van der Waals surface area contributed by atoms with Gasteiger partial charge in [-0.25, -0.2) is 8.42 Å². The number of nitrogens with zero attached hydrogens (tertiary/aromatic N) is 2. The molecule has 10 heteroatoms. The molecule has 0 fully saturated rings. The maximum atomic E-state index is 12.7. The van der Waals surface area contributed by atoms with Crippen LogP contribution in [0.1, 0.15) is 35.3 Å². The number of rotatable bonds is 5. The number of ketones is 1. The van der Waals surface area contributed by atoms with Crippen LogP contribution in [0.4, 0.5) is 5.69 Å². The second kappa shape index (κ2) is 8.19. The number of ether oxygens (including phenoxy) is 1. The molecule has 2 aromatic rings. The number of Topliss-reactive ketones (excluding diaryl/α,β-unsaturated/α-hetero) is 1. The summed E-state index contributed by atoms with van der Waals surface area (Å²) in [5.41, 5.74) is 2.44. The Bertz CT molecular complexity index is 1270. The first-order chi connectivity index (χ1) is 15.2. The predicted molar refractivity (Wildman–Crippen MR) is 116 cm³/mol. The molecule has 2 aliphatic rings. The van der Waals surface area contributed by atoms with Crippen molar-refractivity contribution in [3.05, 3.63) is 59.2 Å². The molecule has 166 valence electrons. The lowest BCUT2D eigenvalue weighted by Crippen LogP contribution is -2.27. The van der Waals surface area contributed by atoms with Crippen molar-refractivity contribution in [2.45, 2.75) is 31.3 Å². The van der Waals surface area contributed by atoms with E-state index in [1.165, 1.54) is 19.9 Å². The first kappa shape index (κ1) is 21.7. The Morgan fingerprint density at radius 2 is 1.94 bits per heavy atom. The van der Waals surface area contributed by atoms with Gasteiger partial charge in [-0.15, -0.1) is 0 Å². The van der Waals surface area contributed by atoms with Crippen LogP contribution < -0.4 is 9.62 Å². The van der Waals surface area contributed by atoms with Crippen LogP contribution in [0.15, 0.2) is 52.4 Å². The molecule has 1 amide bonds. The smallest absolute Gasteiger partial charge is 0.328 e. The van der Waals surface area contributed by atoms with E-state index in [0.29, 0.717) is 24.1 Å². The molecule has 2 aliphatic heterocycles. The molecule has 0 saturated carbocycles. The number of esters is 1. The molecule has 0 bridgehead atoms. The number of aliphatic imine (C=N–C) groups is 1. The topological polar surface area (TPSA) is 122 Å². The zero-order valence-electron chi connectivity index (χ0n) is 17.5. The number of carbonyl (C=O) groups excluding carboxylic acids is 3. The third-order valence-corrected chi connectivity index (χ3v) is 6.74. The predicted octanol–water partition coefficient (Wildman–Crippen LogP) is 1.45. The van der Waals surface area contributed by atoms with Gasteiger partial charge in [0.1, 0.15) is 12.4 Å². The van der Waals surface area contributed by atoms with Crippen molar-refractivity contribution in [3.8, 4) is 0 Å². The van der Waals surface area contributed by atoms with E-state index in [1.54, 1.807) is 41.3 Å². The lowest BCUT2D eigenvalue weighted by atomic mass is 10.0. The van der Waals surface area contributed by atoms with Gasteiger partial charge in [-0.3, -0.25) is 24.1 Å². The van der Waals surface area contributed by atoms with E-state index in [4.69, 9.17) is 4.74 Å². The van der Waals surface area contributed by atoms with Crippen molar-refractivity contribution in [1.82, 2.24) is 4.72 Å². The number of hydrogen-bond acceptors (Lipinski definition) is 7. The third-order valence-electron chi connectivity index (χ3n) is 5.35. The number of sulfonamides is 1. The van der Waals surface area contributed by atoms with Gasteiger partial charge in [-0.05, 0) is 49.2 Å². The van der Waals surface area contributed by atoms with Crippen LogP contribution in [-0.4, -0.2) is 51.1 Å². The molecular weight excluding hydrogens is 434 g/mol. The molecule has 1 atom stereocenters. The zero-order valence-corrected chi connectivity index (χ0v) is 18.3. The van der Waals surface area contributed by atoms with Crippen molar-refractivity contribution in [2.75, 3.05) is 18.0 Å². The molecule has 1 unspecified atom stereocenters. The van der Waals surface area contributed by atoms with Gasteiger partial charge < -0.3 is 9.64 Å². The molecule has 0 saturated heterocycles. The summed E-state index contributed by atoms with van der Waals surface area (Å²) in [6.07, 6.45) is -0.391. The maximum Gasteiger partial charge on any atom is 0.328 e. The van der Waals surface area contributed by atoms with Crippen LogP contribution in [-0.2, 0) is 30.8 Å². The molecular formula is C22H21N3O6S. The van der Waals surface area contributed by atoms with Crippen LogP contribution in [0.5, 0.6) is 0 Å². The van der Waals surface area contributed by atoms with Gasteiger partial charge in [0, 0.05) is 30.3 Å². The Hall–Kier alpha value is -3.53. The SMILES string of the molecule is CC(=O)N1CCc2cc(C(=O)C(C)OC(=O)CN=C3NS(=O)(=O)c4ccccc43)ccc21. The maximum absolute atomic E-state index is 12.7. The second-order valence-corrected chi connectivity index (χ2v) is 9.18. The highest BCUT2D eigenvalue weighted by Gasteiger charge is 2.30. The molecule has 9 nitrogen and oxygen atoms in total. The summed E-state index contributed by atoms with van der Waals surface area (Å²) in [6.45, 7) is 3.09. The molecule has 0 radical (unpaired) electrons.